The van der Waals surface area contributed by atoms with Crippen LogP contribution in [0.1, 0.15) is 24.5 Å². The molecule has 0 spiro atoms. The van der Waals surface area contributed by atoms with Gasteiger partial charge in [-0.2, -0.15) is 0 Å². The van der Waals surface area contributed by atoms with Crippen molar-refractivity contribution in [2.45, 2.75) is 27.2 Å². The Balaban J connectivity index is 2.89. The lowest BCUT2D eigenvalue weighted by molar-refractivity contribution is 0.760. The lowest BCUT2D eigenvalue weighted by Crippen LogP contribution is -2.30. The molecule has 0 aromatic heterocycles. The van der Waals surface area contributed by atoms with Crippen LogP contribution in [0.3, 0.4) is 0 Å². The Morgan fingerprint density at radius 1 is 1.20 bits per heavy atom. The fraction of sp³-hybridized carbons (Fsp3) is 0.538. The molecule has 0 aliphatic carbocycles. The van der Waals surface area contributed by atoms with Crippen molar-refractivity contribution in [3.8, 4) is 0 Å². The number of hydrogen-bond donors (Lipinski definition) is 1. The maximum Gasteiger partial charge on any atom is 0.0396 e. The third kappa shape index (κ3) is 3.24. The number of anilines is 1. The van der Waals surface area contributed by atoms with Gasteiger partial charge in [-0.05, 0) is 31.9 Å². The highest BCUT2D eigenvalue weighted by atomic mass is 15.1. The molecule has 0 unspecified atom stereocenters. The summed E-state index contributed by atoms with van der Waals surface area (Å²) in [6.45, 7) is 9.24. The molecule has 0 amide bonds. The van der Waals surface area contributed by atoms with Gasteiger partial charge in [-0.1, -0.05) is 24.6 Å². The second-order valence-electron chi connectivity index (χ2n) is 4.07. The molecule has 0 fully saturated rings. The van der Waals surface area contributed by atoms with Crippen LogP contribution < -0.4 is 10.6 Å². The van der Waals surface area contributed by atoms with E-state index in [1.807, 2.05) is 0 Å². The van der Waals surface area contributed by atoms with Crippen LogP contribution in [0.25, 0.3) is 0 Å². The summed E-state index contributed by atoms with van der Waals surface area (Å²) in [7, 11) is 0. The summed E-state index contributed by atoms with van der Waals surface area (Å²) in [5, 5.41) is 0. The molecule has 0 aliphatic rings. The van der Waals surface area contributed by atoms with Crippen molar-refractivity contribution < 1.29 is 0 Å². The average Bonchev–Trinajstić information content (AvgIpc) is 2.17. The zero-order chi connectivity index (χ0) is 11.3. The molecule has 0 radical (unpaired) electrons. The maximum atomic E-state index is 5.64. The molecule has 0 heterocycles. The van der Waals surface area contributed by atoms with Gasteiger partial charge in [0.1, 0.15) is 0 Å². The first-order chi connectivity index (χ1) is 7.19. The summed E-state index contributed by atoms with van der Waals surface area (Å²) >= 11 is 0. The Bertz CT molecular complexity index is 301. The maximum absolute atomic E-state index is 5.64. The zero-order valence-corrected chi connectivity index (χ0v) is 10.1. The summed E-state index contributed by atoms with van der Waals surface area (Å²) in [6.07, 6.45) is 1.16. The molecule has 0 saturated carbocycles. The zero-order valence-electron chi connectivity index (χ0n) is 10.1. The molecule has 84 valence electrons. The highest BCUT2D eigenvalue weighted by Crippen LogP contribution is 2.20. The molecule has 2 nitrogen and oxygen atoms in total. The monoisotopic (exact) mass is 206 g/mol. The molecule has 15 heavy (non-hydrogen) atoms. The fourth-order valence-electron chi connectivity index (χ4n) is 1.94. The third-order valence-corrected chi connectivity index (χ3v) is 2.59. The molecule has 2 N–H and O–H groups in total. The van der Waals surface area contributed by atoms with Gasteiger partial charge in [0.2, 0.25) is 0 Å². The van der Waals surface area contributed by atoms with Gasteiger partial charge in [-0.25, -0.2) is 0 Å². The Hall–Kier alpha value is -1.02. The van der Waals surface area contributed by atoms with E-state index >= 15 is 0 Å². The average molecular weight is 206 g/mol. The largest absolute Gasteiger partial charge is 0.370 e. The van der Waals surface area contributed by atoms with E-state index in [0.29, 0.717) is 6.54 Å². The molecule has 0 aliphatic heterocycles. The van der Waals surface area contributed by atoms with E-state index in [9.17, 15) is 0 Å². The molecular formula is C13H22N2. The number of nitrogens with two attached hydrogens (primary N) is 1. The van der Waals surface area contributed by atoms with Crippen molar-refractivity contribution in [1.29, 1.82) is 0 Å². The number of rotatable bonds is 5. The first-order valence-electron chi connectivity index (χ1n) is 5.71. The third-order valence-electron chi connectivity index (χ3n) is 2.59. The first-order valence-corrected chi connectivity index (χ1v) is 5.71. The van der Waals surface area contributed by atoms with Gasteiger partial charge in [-0.15, -0.1) is 0 Å². The summed E-state index contributed by atoms with van der Waals surface area (Å²) in [6, 6.07) is 6.60. The molecule has 0 atom stereocenters. The van der Waals surface area contributed by atoms with Gasteiger partial charge in [0.25, 0.3) is 0 Å². The van der Waals surface area contributed by atoms with Gasteiger partial charge < -0.3 is 10.6 Å². The van der Waals surface area contributed by atoms with Crippen LogP contribution in [0.5, 0.6) is 0 Å². The normalized spacial score (nSPS) is 10.4. The topological polar surface area (TPSA) is 29.3 Å². The van der Waals surface area contributed by atoms with Crippen molar-refractivity contribution in [1.82, 2.24) is 0 Å². The van der Waals surface area contributed by atoms with Gasteiger partial charge >= 0.3 is 0 Å². The molecule has 1 aromatic rings. The smallest absolute Gasteiger partial charge is 0.0396 e. The second-order valence-corrected chi connectivity index (χ2v) is 4.07. The highest BCUT2D eigenvalue weighted by molar-refractivity contribution is 5.54. The Morgan fingerprint density at radius 3 is 2.47 bits per heavy atom. The van der Waals surface area contributed by atoms with Crippen LogP contribution in [0.2, 0.25) is 0 Å². The predicted molar refractivity (Wildman–Crippen MR) is 67.5 cm³/mol. The Kier molecular flexibility index (Phi) is 4.63. The van der Waals surface area contributed by atoms with Crippen LogP contribution in [0.4, 0.5) is 5.69 Å². The number of benzene rings is 1. The highest BCUT2D eigenvalue weighted by Gasteiger charge is 2.06. The second kappa shape index (κ2) is 5.76. The predicted octanol–water partition coefficient (Wildman–Crippen LogP) is 2.48. The quantitative estimate of drug-likeness (QED) is 0.802. The lowest BCUT2D eigenvalue weighted by atomic mass is 10.1. The molecule has 0 saturated heterocycles. The van der Waals surface area contributed by atoms with E-state index in [-0.39, 0.29) is 0 Å². The first kappa shape index (κ1) is 12.1. The van der Waals surface area contributed by atoms with Crippen molar-refractivity contribution >= 4 is 5.69 Å². The van der Waals surface area contributed by atoms with Crippen molar-refractivity contribution in [3.63, 3.8) is 0 Å². The van der Waals surface area contributed by atoms with Gasteiger partial charge in [0.05, 0.1) is 0 Å². The molecule has 1 rings (SSSR count). The standard InChI is InChI=1S/C13H22N2/c1-4-8-15(9-7-14)13-6-5-11(2)10-12(13)3/h5-6,10H,4,7-9,14H2,1-3H3. The lowest BCUT2D eigenvalue weighted by Gasteiger charge is -2.25. The Morgan fingerprint density at radius 2 is 1.93 bits per heavy atom. The van der Waals surface area contributed by atoms with Gasteiger partial charge in [0.15, 0.2) is 0 Å². The summed E-state index contributed by atoms with van der Waals surface area (Å²) in [4.78, 5) is 2.37. The van der Waals surface area contributed by atoms with Crippen LogP contribution in [-0.2, 0) is 0 Å². The molecule has 1 aromatic carbocycles. The summed E-state index contributed by atoms with van der Waals surface area (Å²) < 4.78 is 0. The molecule has 0 bridgehead atoms. The van der Waals surface area contributed by atoms with E-state index < -0.39 is 0 Å². The van der Waals surface area contributed by atoms with E-state index in [1.54, 1.807) is 0 Å². The number of hydrogen-bond acceptors (Lipinski definition) is 2. The van der Waals surface area contributed by atoms with E-state index in [4.69, 9.17) is 5.73 Å². The van der Waals surface area contributed by atoms with Gasteiger partial charge in [0, 0.05) is 25.3 Å². The van der Waals surface area contributed by atoms with Crippen LogP contribution >= 0.6 is 0 Å². The minimum Gasteiger partial charge on any atom is -0.370 e. The van der Waals surface area contributed by atoms with Crippen molar-refractivity contribution in [2.24, 2.45) is 5.73 Å². The van der Waals surface area contributed by atoms with E-state index in [2.05, 4.69) is 43.9 Å². The van der Waals surface area contributed by atoms with Crippen LogP contribution in [0, 0.1) is 13.8 Å². The molecular weight excluding hydrogens is 184 g/mol. The van der Waals surface area contributed by atoms with Crippen LogP contribution in [-0.4, -0.2) is 19.6 Å². The van der Waals surface area contributed by atoms with Crippen molar-refractivity contribution in [2.75, 3.05) is 24.5 Å². The minimum atomic E-state index is 0.716. The number of nitrogens with zero attached hydrogens (tertiary/aromatic N) is 1. The summed E-state index contributed by atoms with van der Waals surface area (Å²) in [5.74, 6) is 0. The summed E-state index contributed by atoms with van der Waals surface area (Å²) in [5.41, 5.74) is 9.63. The minimum absolute atomic E-state index is 0.716. The fourth-order valence-corrected chi connectivity index (χ4v) is 1.94. The van der Waals surface area contributed by atoms with E-state index in [1.165, 1.54) is 16.8 Å². The van der Waals surface area contributed by atoms with Gasteiger partial charge in [-0.3, -0.25) is 0 Å². The SMILES string of the molecule is CCCN(CCN)c1ccc(C)cc1C. The van der Waals surface area contributed by atoms with Crippen LogP contribution in [0.15, 0.2) is 18.2 Å². The number of aryl methyl sites for hydroxylation is 2. The Labute approximate surface area is 93.1 Å². The molecule has 2 heteroatoms. The van der Waals surface area contributed by atoms with Crippen molar-refractivity contribution in [3.05, 3.63) is 29.3 Å². The van der Waals surface area contributed by atoms with E-state index in [0.717, 1.165) is 19.5 Å².